The standard InChI is InChI=1S/C20H25N3O2/c1-2-6-20-19(5-1)24-15-18(25-20)13-22-17-7-10-23(11-8-17)14-16-4-3-9-21-12-16/h1-6,9,12,17-18,22H,7-8,10-11,13-15H2/t18-/m1/s1. The number of ether oxygens (including phenoxy) is 2. The SMILES string of the molecule is c1cncc(CN2CCC(NC[C@@H]3COc4ccccc4O3)CC2)c1. The molecule has 132 valence electrons. The van der Waals surface area contributed by atoms with Crippen molar-refractivity contribution >= 4 is 0 Å². The Morgan fingerprint density at radius 1 is 1.08 bits per heavy atom. The first kappa shape index (κ1) is 16.4. The van der Waals surface area contributed by atoms with Crippen LogP contribution in [-0.2, 0) is 6.54 Å². The average molecular weight is 339 g/mol. The van der Waals surface area contributed by atoms with E-state index in [4.69, 9.17) is 9.47 Å². The number of aromatic nitrogens is 1. The summed E-state index contributed by atoms with van der Waals surface area (Å²) in [5.74, 6) is 1.70. The van der Waals surface area contributed by atoms with E-state index in [1.807, 2.05) is 42.7 Å². The third-order valence-corrected chi connectivity index (χ3v) is 4.92. The van der Waals surface area contributed by atoms with E-state index < -0.39 is 0 Å². The van der Waals surface area contributed by atoms with Crippen molar-refractivity contribution in [2.24, 2.45) is 0 Å². The van der Waals surface area contributed by atoms with Gasteiger partial charge in [0, 0.05) is 31.5 Å². The van der Waals surface area contributed by atoms with E-state index in [2.05, 4.69) is 21.3 Å². The Hall–Kier alpha value is -2.11. The van der Waals surface area contributed by atoms with Crippen molar-refractivity contribution in [3.05, 3.63) is 54.4 Å². The number of nitrogens with zero attached hydrogens (tertiary/aromatic N) is 2. The summed E-state index contributed by atoms with van der Waals surface area (Å²) >= 11 is 0. The first-order valence-electron chi connectivity index (χ1n) is 9.10. The first-order valence-corrected chi connectivity index (χ1v) is 9.10. The smallest absolute Gasteiger partial charge is 0.161 e. The molecule has 1 saturated heterocycles. The molecule has 0 radical (unpaired) electrons. The number of hydrogen-bond donors (Lipinski definition) is 1. The molecule has 5 nitrogen and oxygen atoms in total. The van der Waals surface area contributed by atoms with Crippen LogP contribution in [0, 0.1) is 0 Å². The number of benzene rings is 1. The van der Waals surface area contributed by atoms with Gasteiger partial charge in [-0.15, -0.1) is 0 Å². The summed E-state index contributed by atoms with van der Waals surface area (Å²) in [6, 6.07) is 12.6. The van der Waals surface area contributed by atoms with Gasteiger partial charge in [-0.25, -0.2) is 0 Å². The van der Waals surface area contributed by atoms with E-state index in [9.17, 15) is 0 Å². The van der Waals surface area contributed by atoms with Gasteiger partial charge in [-0.05, 0) is 49.7 Å². The largest absolute Gasteiger partial charge is 0.486 e. The minimum absolute atomic E-state index is 0.0864. The van der Waals surface area contributed by atoms with Crippen LogP contribution in [0.25, 0.3) is 0 Å². The van der Waals surface area contributed by atoms with Crippen molar-refractivity contribution in [2.75, 3.05) is 26.2 Å². The van der Waals surface area contributed by atoms with Gasteiger partial charge in [-0.2, -0.15) is 0 Å². The molecule has 2 aliphatic rings. The predicted molar refractivity (Wildman–Crippen MR) is 96.9 cm³/mol. The van der Waals surface area contributed by atoms with Crippen LogP contribution < -0.4 is 14.8 Å². The summed E-state index contributed by atoms with van der Waals surface area (Å²) in [5, 5.41) is 3.66. The van der Waals surface area contributed by atoms with Gasteiger partial charge in [0.15, 0.2) is 11.5 Å². The molecule has 0 amide bonds. The number of pyridine rings is 1. The van der Waals surface area contributed by atoms with Crippen LogP contribution in [0.2, 0.25) is 0 Å². The lowest BCUT2D eigenvalue weighted by Crippen LogP contribution is -2.47. The maximum Gasteiger partial charge on any atom is 0.161 e. The number of hydrogen-bond acceptors (Lipinski definition) is 5. The lowest BCUT2D eigenvalue weighted by molar-refractivity contribution is 0.0843. The molecule has 2 aromatic rings. The lowest BCUT2D eigenvalue weighted by Gasteiger charge is -2.34. The average Bonchev–Trinajstić information content (AvgIpc) is 2.68. The molecular formula is C20H25N3O2. The van der Waals surface area contributed by atoms with E-state index in [0.717, 1.165) is 37.7 Å². The second-order valence-electron chi connectivity index (χ2n) is 6.82. The van der Waals surface area contributed by atoms with Gasteiger partial charge in [0.1, 0.15) is 12.7 Å². The van der Waals surface area contributed by atoms with Crippen molar-refractivity contribution in [3.8, 4) is 11.5 Å². The van der Waals surface area contributed by atoms with Gasteiger partial charge in [0.25, 0.3) is 0 Å². The molecule has 3 heterocycles. The molecule has 0 saturated carbocycles. The van der Waals surface area contributed by atoms with E-state index in [1.165, 1.54) is 18.4 Å². The van der Waals surface area contributed by atoms with Crippen molar-refractivity contribution in [2.45, 2.75) is 31.5 Å². The molecule has 1 aromatic carbocycles. The maximum atomic E-state index is 6.02. The van der Waals surface area contributed by atoms with Crippen LogP contribution in [0.4, 0.5) is 0 Å². The van der Waals surface area contributed by atoms with Gasteiger partial charge >= 0.3 is 0 Å². The molecule has 1 N–H and O–H groups in total. The fraction of sp³-hybridized carbons (Fsp3) is 0.450. The third-order valence-electron chi connectivity index (χ3n) is 4.92. The van der Waals surface area contributed by atoms with Crippen LogP contribution in [0.15, 0.2) is 48.8 Å². The number of fused-ring (bicyclic) bond motifs is 1. The number of piperidine rings is 1. The van der Waals surface area contributed by atoms with Crippen LogP contribution in [0.3, 0.4) is 0 Å². The minimum atomic E-state index is 0.0864. The molecule has 0 spiro atoms. The Labute approximate surface area is 149 Å². The second-order valence-corrected chi connectivity index (χ2v) is 6.82. The third kappa shape index (κ3) is 4.30. The first-order chi connectivity index (χ1) is 12.4. The Balaban J connectivity index is 1.19. The highest BCUT2D eigenvalue weighted by Gasteiger charge is 2.23. The molecule has 1 fully saturated rings. The van der Waals surface area contributed by atoms with Crippen molar-refractivity contribution in [3.63, 3.8) is 0 Å². The highest BCUT2D eigenvalue weighted by molar-refractivity contribution is 5.40. The Morgan fingerprint density at radius 3 is 2.72 bits per heavy atom. The molecule has 0 bridgehead atoms. The van der Waals surface area contributed by atoms with Crippen LogP contribution in [0.1, 0.15) is 18.4 Å². The van der Waals surface area contributed by atoms with E-state index in [-0.39, 0.29) is 6.10 Å². The van der Waals surface area contributed by atoms with Gasteiger partial charge in [0.05, 0.1) is 0 Å². The highest BCUT2D eigenvalue weighted by atomic mass is 16.6. The van der Waals surface area contributed by atoms with Crippen molar-refractivity contribution < 1.29 is 9.47 Å². The number of para-hydroxylation sites is 2. The summed E-state index contributed by atoms with van der Waals surface area (Å²) in [5.41, 5.74) is 1.29. The Kier molecular flexibility index (Phi) is 5.14. The molecule has 0 aliphatic carbocycles. The molecule has 25 heavy (non-hydrogen) atoms. The van der Waals surface area contributed by atoms with Gasteiger partial charge in [-0.3, -0.25) is 9.88 Å². The summed E-state index contributed by atoms with van der Waals surface area (Å²) in [6.07, 6.45) is 6.22. The molecular weight excluding hydrogens is 314 g/mol. The summed E-state index contributed by atoms with van der Waals surface area (Å²) in [4.78, 5) is 6.70. The lowest BCUT2D eigenvalue weighted by atomic mass is 10.0. The summed E-state index contributed by atoms with van der Waals surface area (Å²) in [7, 11) is 0. The quantitative estimate of drug-likeness (QED) is 0.907. The molecule has 0 unspecified atom stereocenters. The van der Waals surface area contributed by atoms with Gasteiger partial charge in [-0.1, -0.05) is 18.2 Å². The predicted octanol–water partition coefficient (Wildman–Crippen LogP) is 2.48. The maximum absolute atomic E-state index is 6.02. The van der Waals surface area contributed by atoms with Crippen LogP contribution in [0.5, 0.6) is 11.5 Å². The van der Waals surface area contributed by atoms with Crippen molar-refractivity contribution in [1.29, 1.82) is 0 Å². The zero-order valence-corrected chi connectivity index (χ0v) is 14.4. The second kappa shape index (κ2) is 7.85. The van der Waals surface area contributed by atoms with E-state index in [1.54, 1.807) is 0 Å². The molecule has 2 aliphatic heterocycles. The van der Waals surface area contributed by atoms with Gasteiger partial charge in [0.2, 0.25) is 0 Å². The monoisotopic (exact) mass is 339 g/mol. The van der Waals surface area contributed by atoms with Crippen LogP contribution >= 0.6 is 0 Å². The van der Waals surface area contributed by atoms with E-state index >= 15 is 0 Å². The topological polar surface area (TPSA) is 46.6 Å². The molecule has 4 rings (SSSR count). The van der Waals surface area contributed by atoms with Crippen molar-refractivity contribution in [1.82, 2.24) is 15.2 Å². The fourth-order valence-corrected chi connectivity index (χ4v) is 3.51. The summed E-state index contributed by atoms with van der Waals surface area (Å²) < 4.78 is 11.8. The summed E-state index contributed by atoms with van der Waals surface area (Å²) in [6.45, 7) is 4.69. The number of likely N-dealkylation sites (tertiary alicyclic amines) is 1. The zero-order chi connectivity index (χ0) is 16.9. The highest BCUT2D eigenvalue weighted by Crippen LogP contribution is 2.30. The number of nitrogens with one attached hydrogen (secondary N) is 1. The zero-order valence-electron chi connectivity index (χ0n) is 14.4. The number of rotatable bonds is 5. The Bertz CT molecular complexity index is 672. The normalized spacial score (nSPS) is 21.2. The van der Waals surface area contributed by atoms with E-state index in [0.29, 0.717) is 12.6 Å². The fourth-order valence-electron chi connectivity index (χ4n) is 3.51. The van der Waals surface area contributed by atoms with Gasteiger partial charge < -0.3 is 14.8 Å². The minimum Gasteiger partial charge on any atom is -0.486 e. The van der Waals surface area contributed by atoms with Crippen LogP contribution in [-0.4, -0.2) is 48.3 Å². The molecule has 1 aromatic heterocycles. The molecule has 5 heteroatoms. The molecule has 1 atom stereocenters. The Morgan fingerprint density at radius 2 is 1.92 bits per heavy atom.